The summed E-state index contributed by atoms with van der Waals surface area (Å²) in [7, 11) is 1.88. The van der Waals surface area contributed by atoms with E-state index in [-0.39, 0.29) is 11.9 Å². The van der Waals surface area contributed by atoms with E-state index in [0.29, 0.717) is 0 Å². The third kappa shape index (κ3) is 3.98. The third-order valence-corrected chi connectivity index (χ3v) is 2.15. The van der Waals surface area contributed by atoms with Crippen LogP contribution in [0, 0.1) is 5.82 Å². The SMILES string of the molecule is CCCOC(CNC)c1ccc(F)cc1. The predicted molar refractivity (Wildman–Crippen MR) is 59.3 cm³/mol. The lowest BCUT2D eigenvalue weighted by atomic mass is 10.1. The number of hydrogen-bond donors (Lipinski definition) is 1. The molecule has 0 spiro atoms. The summed E-state index contributed by atoms with van der Waals surface area (Å²) in [5.41, 5.74) is 1.01. The van der Waals surface area contributed by atoms with Crippen molar-refractivity contribution in [2.45, 2.75) is 19.4 Å². The Hall–Kier alpha value is -0.930. The lowest BCUT2D eigenvalue weighted by molar-refractivity contribution is 0.0543. The smallest absolute Gasteiger partial charge is 0.123 e. The van der Waals surface area contributed by atoms with Gasteiger partial charge in [0, 0.05) is 13.2 Å². The molecule has 15 heavy (non-hydrogen) atoms. The van der Waals surface area contributed by atoms with Crippen molar-refractivity contribution in [2.24, 2.45) is 0 Å². The van der Waals surface area contributed by atoms with Gasteiger partial charge in [-0.1, -0.05) is 19.1 Å². The van der Waals surface area contributed by atoms with E-state index in [1.807, 2.05) is 7.05 Å². The highest BCUT2D eigenvalue weighted by Crippen LogP contribution is 2.17. The first kappa shape index (κ1) is 12.1. The monoisotopic (exact) mass is 211 g/mol. The van der Waals surface area contributed by atoms with Crippen molar-refractivity contribution in [1.29, 1.82) is 0 Å². The van der Waals surface area contributed by atoms with E-state index in [9.17, 15) is 4.39 Å². The van der Waals surface area contributed by atoms with Crippen molar-refractivity contribution in [1.82, 2.24) is 5.32 Å². The van der Waals surface area contributed by atoms with Gasteiger partial charge in [-0.15, -0.1) is 0 Å². The molecule has 1 aromatic carbocycles. The molecule has 0 aliphatic rings. The summed E-state index contributed by atoms with van der Waals surface area (Å²) < 4.78 is 18.4. The van der Waals surface area contributed by atoms with Crippen LogP contribution in [0.4, 0.5) is 4.39 Å². The van der Waals surface area contributed by atoms with Gasteiger partial charge in [-0.25, -0.2) is 4.39 Å². The molecule has 0 aromatic heterocycles. The molecule has 0 saturated carbocycles. The lowest BCUT2D eigenvalue weighted by Crippen LogP contribution is -2.20. The molecular weight excluding hydrogens is 193 g/mol. The molecule has 1 rings (SSSR count). The highest BCUT2D eigenvalue weighted by atomic mass is 19.1. The summed E-state index contributed by atoms with van der Waals surface area (Å²) >= 11 is 0. The highest BCUT2D eigenvalue weighted by Gasteiger charge is 2.10. The zero-order valence-corrected chi connectivity index (χ0v) is 9.29. The van der Waals surface area contributed by atoms with Crippen LogP contribution < -0.4 is 5.32 Å². The molecule has 1 N–H and O–H groups in total. The standard InChI is InChI=1S/C12H18FNO/c1-3-8-15-12(9-14-2)10-4-6-11(13)7-5-10/h4-7,12,14H,3,8-9H2,1-2H3. The molecule has 0 saturated heterocycles. The van der Waals surface area contributed by atoms with Gasteiger partial charge in [0.25, 0.3) is 0 Å². The Labute approximate surface area is 90.4 Å². The molecule has 0 fully saturated rings. The molecule has 0 radical (unpaired) electrons. The average Bonchev–Trinajstić information content (AvgIpc) is 2.25. The molecule has 1 unspecified atom stereocenters. The summed E-state index contributed by atoms with van der Waals surface area (Å²) in [6.07, 6.45) is 0.997. The molecule has 84 valence electrons. The van der Waals surface area contributed by atoms with E-state index in [1.54, 1.807) is 12.1 Å². The van der Waals surface area contributed by atoms with Crippen LogP contribution in [0.2, 0.25) is 0 Å². The number of benzene rings is 1. The minimum Gasteiger partial charge on any atom is -0.372 e. The van der Waals surface area contributed by atoms with E-state index in [1.165, 1.54) is 12.1 Å². The molecule has 0 aliphatic carbocycles. The second-order valence-corrected chi connectivity index (χ2v) is 3.47. The summed E-state index contributed by atoms with van der Waals surface area (Å²) in [5.74, 6) is -0.211. The Bertz CT molecular complexity index is 273. The van der Waals surface area contributed by atoms with Crippen LogP contribution in [0.5, 0.6) is 0 Å². The van der Waals surface area contributed by atoms with Crippen molar-refractivity contribution in [2.75, 3.05) is 20.2 Å². The quantitative estimate of drug-likeness (QED) is 0.780. The first-order valence-corrected chi connectivity index (χ1v) is 5.29. The first-order chi connectivity index (χ1) is 7.27. The maximum Gasteiger partial charge on any atom is 0.123 e. The van der Waals surface area contributed by atoms with Gasteiger partial charge in [0.05, 0.1) is 6.10 Å². The highest BCUT2D eigenvalue weighted by molar-refractivity contribution is 5.19. The summed E-state index contributed by atoms with van der Waals surface area (Å²) in [4.78, 5) is 0. The van der Waals surface area contributed by atoms with Crippen LogP contribution in [0.25, 0.3) is 0 Å². The summed E-state index contributed by atoms with van der Waals surface area (Å²) in [5, 5.41) is 3.07. The Morgan fingerprint density at radius 1 is 1.33 bits per heavy atom. The number of halogens is 1. The van der Waals surface area contributed by atoms with Crippen molar-refractivity contribution in [3.8, 4) is 0 Å². The summed E-state index contributed by atoms with van der Waals surface area (Å²) in [6.45, 7) is 3.54. The first-order valence-electron chi connectivity index (χ1n) is 5.29. The van der Waals surface area contributed by atoms with Crippen LogP contribution in [0.3, 0.4) is 0 Å². The van der Waals surface area contributed by atoms with Crippen molar-refractivity contribution < 1.29 is 9.13 Å². The van der Waals surface area contributed by atoms with Crippen LogP contribution in [-0.2, 0) is 4.74 Å². The maximum absolute atomic E-state index is 12.7. The van der Waals surface area contributed by atoms with E-state index in [0.717, 1.165) is 25.1 Å². The normalized spacial score (nSPS) is 12.7. The molecular formula is C12H18FNO. The fourth-order valence-electron chi connectivity index (χ4n) is 1.40. The van der Waals surface area contributed by atoms with Gasteiger partial charge < -0.3 is 10.1 Å². The second-order valence-electron chi connectivity index (χ2n) is 3.47. The fraction of sp³-hybridized carbons (Fsp3) is 0.500. The molecule has 3 heteroatoms. The van der Waals surface area contributed by atoms with Crippen molar-refractivity contribution >= 4 is 0 Å². The summed E-state index contributed by atoms with van der Waals surface area (Å²) in [6, 6.07) is 6.47. The number of nitrogens with one attached hydrogen (secondary N) is 1. The zero-order valence-electron chi connectivity index (χ0n) is 9.29. The minimum atomic E-state index is -0.211. The van der Waals surface area contributed by atoms with Gasteiger partial charge in [0.1, 0.15) is 5.82 Å². The molecule has 0 heterocycles. The average molecular weight is 211 g/mol. The van der Waals surface area contributed by atoms with Gasteiger partial charge in [-0.2, -0.15) is 0 Å². The molecule has 0 amide bonds. The Morgan fingerprint density at radius 3 is 2.53 bits per heavy atom. The van der Waals surface area contributed by atoms with Crippen LogP contribution >= 0.6 is 0 Å². The maximum atomic E-state index is 12.7. The lowest BCUT2D eigenvalue weighted by Gasteiger charge is -2.17. The predicted octanol–water partition coefficient (Wildman–Crippen LogP) is 2.51. The zero-order chi connectivity index (χ0) is 11.1. The van der Waals surface area contributed by atoms with Crippen molar-refractivity contribution in [3.63, 3.8) is 0 Å². The third-order valence-electron chi connectivity index (χ3n) is 2.15. The van der Waals surface area contributed by atoms with Gasteiger partial charge in [0.2, 0.25) is 0 Å². The molecule has 1 atom stereocenters. The second kappa shape index (κ2) is 6.53. The molecule has 1 aromatic rings. The largest absolute Gasteiger partial charge is 0.372 e. The Morgan fingerprint density at radius 2 is 2.00 bits per heavy atom. The molecule has 0 aliphatic heterocycles. The fourth-order valence-corrected chi connectivity index (χ4v) is 1.40. The van der Waals surface area contributed by atoms with E-state index in [2.05, 4.69) is 12.2 Å². The van der Waals surface area contributed by atoms with E-state index < -0.39 is 0 Å². The Balaban J connectivity index is 2.65. The molecule has 2 nitrogen and oxygen atoms in total. The van der Waals surface area contributed by atoms with Crippen molar-refractivity contribution in [3.05, 3.63) is 35.6 Å². The number of hydrogen-bond acceptors (Lipinski definition) is 2. The minimum absolute atomic E-state index is 0.00977. The number of likely N-dealkylation sites (N-methyl/N-ethyl adjacent to an activating group) is 1. The van der Waals surface area contributed by atoms with Crippen LogP contribution in [0.15, 0.2) is 24.3 Å². The number of rotatable bonds is 6. The molecule has 0 bridgehead atoms. The van der Waals surface area contributed by atoms with Crippen LogP contribution in [-0.4, -0.2) is 20.2 Å². The van der Waals surface area contributed by atoms with E-state index >= 15 is 0 Å². The van der Waals surface area contributed by atoms with E-state index in [4.69, 9.17) is 4.74 Å². The Kier molecular flexibility index (Phi) is 5.29. The topological polar surface area (TPSA) is 21.3 Å². The van der Waals surface area contributed by atoms with Gasteiger partial charge >= 0.3 is 0 Å². The van der Waals surface area contributed by atoms with Gasteiger partial charge in [-0.3, -0.25) is 0 Å². The van der Waals surface area contributed by atoms with Gasteiger partial charge in [0.15, 0.2) is 0 Å². The number of ether oxygens (including phenoxy) is 1. The van der Waals surface area contributed by atoms with Gasteiger partial charge in [-0.05, 0) is 31.2 Å². The van der Waals surface area contributed by atoms with Crippen LogP contribution in [0.1, 0.15) is 25.0 Å².